The quantitative estimate of drug-likeness (QED) is 0.335. The molecule has 1 atom stereocenters. The van der Waals surface area contributed by atoms with Crippen LogP contribution in [0, 0.1) is 13.8 Å². The van der Waals surface area contributed by atoms with E-state index in [1.807, 2.05) is 50.2 Å². The molecule has 2 amide bonds. The zero-order chi connectivity index (χ0) is 28.7. The molecule has 10 heteroatoms. The van der Waals surface area contributed by atoms with Crippen molar-refractivity contribution in [2.24, 2.45) is 0 Å². The van der Waals surface area contributed by atoms with Crippen molar-refractivity contribution in [1.82, 2.24) is 10.2 Å². The lowest BCUT2D eigenvalue weighted by Crippen LogP contribution is -2.53. The molecule has 0 saturated heterocycles. The molecule has 3 rings (SSSR count). The third kappa shape index (κ3) is 8.46. The first-order valence-electron chi connectivity index (χ1n) is 12.5. The Morgan fingerprint density at radius 3 is 2.10 bits per heavy atom. The lowest BCUT2D eigenvalue weighted by atomic mass is 10.0. The second-order valence-corrected chi connectivity index (χ2v) is 12.2. The van der Waals surface area contributed by atoms with Crippen LogP contribution < -0.4 is 9.62 Å². The first kappa shape index (κ1) is 30.5. The van der Waals surface area contributed by atoms with E-state index in [-0.39, 0.29) is 18.9 Å². The average Bonchev–Trinajstić information content (AvgIpc) is 2.86. The molecule has 0 saturated carbocycles. The fraction of sp³-hybridized carbons (Fsp3) is 0.310. The van der Waals surface area contributed by atoms with Gasteiger partial charge in [-0.15, -0.1) is 0 Å². The van der Waals surface area contributed by atoms with Crippen molar-refractivity contribution in [3.8, 4) is 0 Å². The van der Waals surface area contributed by atoms with Crippen molar-refractivity contribution >= 4 is 50.7 Å². The maximum atomic E-state index is 14.0. The summed E-state index contributed by atoms with van der Waals surface area (Å²) in [7, 11) is -3.83. The Kier molecular flexibility index (Phi) is 10.4. The van der Waals surface area contributed by atoms with Crippen molar-refractivity contribution in [2.75, 3.05) is 23.7 Å². The summed E-state index contributed by atoms with van der Waals surface area (Å²) >= 11 is 12.4. The van der Waals surface area contributed by atoms with E-state index in [1.165, 1.54) is 4.90 Å². The summed E-state index contributed by atoms with van der Waals surface area (Å²) in [5, 5.41) is 3.50. The third-order valence-electron chi connectivity index (χ3n) is 6.13. The molecule has 0 fully saturated rings. The number of sulfonamides is 1. The van der Waals surface area contributed by atoms with Crippen LogP contribution in [-0.4, -0.2) is 50.5 Å². The number of nitrogens with one attached hydrogen (secondary N) is 1. The summed E-state index contributed by atoms with van der Waals surface area (Å²) < 4.78 is 26.9. The number of nitrogens with zero attached hydrogens (tertiary/aromatic N) is 2. The first-order chi connectivity index (χ1) is 18.4. The van der Waals surface area contributed by atoms with Crippen LogP contribution in [-0.2, 0) is 32.6 Å². The smallest absolute Gasteiger partial charge is 0.244 e. The lowest BCUT2D eigenvalue weighted by Gasteiger charge is -2.33. The van der Waals surface area contributed by atoms with Crippen LogP contribution in [0.15, 0.2) is 66.7 Å². The molecule has 0 radical (unpaired) electrons. The number of aryl methyl sites for hydroxylation is 2. The van der Waals surface area contributed by atoms with Gasteiger partial charge in [0.1, 0.15) is 12.6 Å². The topological polar surface area (TPSA) is 86.8 Å². The molecule has 0 aliphatic rings. The molecule has 39 heavy (non-hydrogen) atoms. The fourth-order valence-corrected chi connectivity index (χ4v) is 5.54. The molecular weight excluding hydrogens is 557 g/mol. The minimum absolute atomic E-state index is 0.0226. The number of halogens is 2. The summed E-state index contributed by atoms with van der Waals surface area (Å²) in [5.41, 5.74) is 3.62. The molecule has 0 unspecified atom stereocenters. The highest BCUT2D eigenvalue weighted by Crippen LogP contribution is 2.26. The Hall–Kier alpha value is -3.07. The molecule has 0 heterocycles. The van der Waals surface area contributed by atoms with Crippen molar-refractivity contribution in [3.05, 3.63) is 99.0 Å². The van der Waals surface area contributed by atoms with Gasteiger partial charge in [0.15, 0.2) is 0 Å². The Bertz CT molecular complexity index is 1410. The molecule has 1 N–H and O–H groups in total. The van der Waals surface area contributed by atoms with E-state index in [1.54, 1.807) is 37.3 Å². The molecule has 3 aromatic carbocycles. The number of hydrogen-bond acceptors (Lipinski definition) is 4. The number of benzene rings is 3. The predicted octanol–water partition coefficient (Wildman–Crippen LogP) is 5.15. The summed E-state index contributed by atoms with van der Waals surface area (Å²) in [4.78, 5) is 28.8. The van der Waals surface area contributed by atoms with E-state index in [0.717, 1.165) is 27.3 Å². The zero-order valence-corrected chi connectivity index (χ0v) is 24.8. The number of carbonyl (C=O) groups excluding carboxylic acids is 2. The Labute approximate surface area is 240 Å². The van der Waals surface area contributed by atoms with E-state index in [4.69, 9.17) is 23.2 Å². The van der Waals surface area contributed by atoms with Gasteiger partial charge in [0.2, 0.25) is 21.8 Å². The normalized spacial score (nSPS) is 12.1. The second-order valence-electron chi connectivity index (χ2n) is 9.49. The highest BCUT2D eigenvalue weighted by molar-refractivity contribution is 7.92. The Morgan fingerprint density at radius 2 is 1.54 bits per heavy atom. The van der Waals surface area contributed by atoms with Gasteiger partial charge in [-0.05, 0) is 67.3 Å². The average molecular weight is 591 g/mol. The molecule has 3 aromatic rings. The summed E-state index contributed by atoms with van der Waals surface area (Å²) in [5.74, 6) is -0.870. The van der Waals surface area contributed by atoms with Crippen LogP contribution in [0.4, 0.5) is 5.69 Å². The molecular formula is C29H33Cl2N3O4S. The van der Waals surface area contributed by atoms with Crippen LogP contribution in [0.25, 0.3) is 0 Å². The monoisotopic (exact) mass is 589 g/mol. The standard InChI is InChI=1S/C29H33Cl2N3O4S/c1-5-32-29(36)27(17-22-9-7-6-8-10-22)33(18-23-11-12-25(30)26(31)16-23)28(35)19-34(39(4,37)38)24-14-20(2)13-21(3)15-24/h6-16,27H,5,17-19H2,1-4H3,(H,32,36)/t27-/m1/s1. The maximum Gasteiger partial charge on any atom is 0.244 e. The minimum atomic E-state index is -3.83. The molecule has 0 aromatic heterocycles. The van der Waals surface area contributed by atoms with Gasteiger partial charge in [-0.2, -0.15) is 0 Å². The number of anilines is 1. The van der Waals surface area contributed by atoms with Crippen molar-refractivity contribution < 1.29 is 18.0 Å². The third-order valence-corrected chi connectivity index (χ3v) is 8.01. The molecule has 0 bridgehead atoms. The molecule has 0 aliphatic heterocycles. The molecule has 7 nitrogen and oxygen atoms in total. The predicted molar refractivity (Wildman–Crippen MR) is 158 cm³/mol. The summed E-state index contributed by atoms with van der Waals surface area (Å²) in [6.07, 6.45) is 1.30. The maximum absolute atomic E-state index is 14.0. The number of likely N-dealkylation sites (N-methyl/N-ethyl adjacent to an activating group) is 1. The number of rotatable bonds is 11. The van der Waals surface area contributed by atoms with Crippen molar-refractivity contribution in [1.29, 1.82) is 0 Å². The lowest BCUT2D eigenvalue weighted by molar-refractivity contribution is -0.140. The largest absolute Gasteiger partial charge is 0.355 e. The van der Waals surface area contributed by atoms with E-state index in [9.17, 15) is 18.0 Å². The van der Waals surface area contributed by atoms with Gasteiger partial charge in [-0.1, -0.05) is 65.7 Å². The Balaban J connectivity index is 2.07. The number of carbonyl (C=O) groups is 2. The van der Waals surface area contributed by atoms with Gasteiger partial charge < -0.3 is 10.2 Å². The zero-order valence-electron chi connectivity index (χ0n) is 22.4. The minimum Gasteiger partial charge on any atom is -0.355 e. The van der Waals surface area contributed by atoms with Crippen LogP contribution >= 0.6 is 23.2 Å². The molecule has 0 spiro atoms. The fourth-order valence-electron chi connectivity index (χ4n) is 4.39. The van der Waals surface area contributed by atoms with Crippen LogP contribution in [0.3, 0.4) is 0 Å². The van der Waals surface area contributed by atoms with Gasteiger partial charge in [-0.3, -0.25) is 13.9 Å². The van der Waals surface area contributed by atoms with Gasteiger partial charge in [0, 0.05) is 19.5 Å². The molecule has 208 valence electrons. The summed E-state index contributed by atoms with van der Waals surface area (Å²) in [6, 6.07) is 18.8. The number of hydrogen-bond donors (Lipinski definition) is 1. The SMILES string of the molecule is CCNC(=O)[C@@H](Cc1ccccc1)N(Cc1ccc(Cl)c(Cl)c1)C(=O)CN(c1cc(C)cc(C)c1)S(C)(=O)=O. The van der Waals surface area contributed by atoms with E-state index < -0.39 is 28.5 Å². The highest BCUT2D eigenvalue weighted by Gasteiger charge is 2.33. The van der Waals surface area contributed by atoms with E-state index in [0.29, 0.717) is 27.8 Å². The van der Waals surface area contributed by atoms with Gasteiger partial charge >= 0.3 is 0 Å². The number of amides is 2. The van der Waals surface area contributed by atoms with Gasteiger partial charge in [0.25, 0.3) is 0 Å². The molecule has 0 aliphatic carbocycles. The second kappa shape index (κ2) is 13.3. The van der Waals surface area contributed by atoms with Crippen molar-refractivity contribution in [3.63, 3.8) is 0 Å². The summed E-state index contributed by atoms with van der Waals surface area (Å²) in [6.45, 7) is 5.44. The van der Waals surface area contributed by atoms with E-state index >= 15 is 0 Å². The van der Waals surface area contributed by atoms with Crippen LogP contribution in [0.5, 0.6) is 0 Å². The van der Waals surface area contributed by atoms with Crippen molar-refractivity contribution in [2.45, 2.75) is 39.8 Å². The van der Waals surface area contributed by atoms with Gasteiger partial charge in [-0.25, -0.2) is 8.42 Å². The van der Waals surface area contributed by atoms with Crippen LogP contribution in [0.2, 0.25) is 10.0 Å². The Morgan fingerprint density at radius 1 is 0.897 bits per heavy atom. The van der Waals surface area contributed by atoms with Crippen LogP contribution in [0.1, 0.15) is 29.2 Å². The first-order valence-corrected chi connectivity index (χ1v) is 15.1. The highest BCUT2D eigenvalue weighted by atomic mass is 35.5. The van der Waals surface area contributed by atoms with E-state index in [2.05, 4.69) is 5.32 Å². The van der Waals surface area contributed by atoms with Gasteiger partial charge in [0.05, 0.1) is 22.0 Å².